The van der Waals surface area contributed by atoms with Gasteiger partial charge in [0.25, 0.3) is 0 Å². The lowest BCUT2D eigenvalue weighted by Gasteiger charge is -2.21. The van der Waals surface area contributed by atoms with E-state index in [1.165, 1.54) is 28.6 Å². The largest absolute Gasteiger partial charge is 0.417 e. The summed E-state index contributed by atoms with van der Waals surface area (Å²) in [4.78, 5) is 13.8. The number of sulfonamides is 1. The van der Waals surface area contributed by atoms with Crippen molar-refractivity contribution >= 4 is 32.7 Å². The predicted octanol–water partition coefficient (Wildman–Crippen LogP) is 3.15. The molecule has 130 valence electrons. The molecule has 0 radical (unpaired) electrons. The van der Waals surface area contributed by atoms with Crippen LogP contribution in [0.3, 0.4) is 0 Å². The first-order chi connectivity index (χ1) is 11.9. The summed E-state index contributed by atoms with van der Waals surface area (Å²) in [6, 6.07) is 11.2. The number of nitrogens with one attached hydrogen (secondary N) is 1. The molecule has 0 atom stereocenters. The van der Waals surface area contributed by atoms with E-state index in [0.29, 0.717) is 10.5 Å². The number of oxazole rings is 1. The predicted molar refractivity (Wildman–Crippen MR) is 96.1 cm³/mol. The zero-order chi connectivity index (χ0) is 18.0. The maximum Gasteiger partial charge on any atom is 0.417 e. The Labute approximate surface area is 149 Å². The third-order valence-corrected chi connectivity index (χ3v) is 5.69. The third-order valence-electron chi connectivity index (χ3n) is 3.64. The minimum atomic E-state index is -3.80. The van der Waals surface area contributed by atoms with Gasteiger partial charge in [0, 0.05) is 24.2 Å². The number of benzene rings is 2. The van der Waals surface area contributed by atoms with Crippen molar-refractivity contribution in [2.45, 2.75) is 11.4 Å². The number of fused-ring (bicyclic) bond motifs is 1. The van der Waals surface area contributed by atoms with Gasteiger partial charge in [0.15, 0.2) is 5.58 Å². The smallest absolute Gasteiger partial charge is 0.408 e. The SMILES string of the molecule is C=CCN(Cc1ccc(Cl)cc1)S(=O)(=O)c1ccc2[nH]c(=O)oc2c1. The van der Waals surface area contributed by atoms with Crippen LogP contribution in [0.5, 0.6) is 0 Å². The first kappa shape index (κ1) is 17.5. The van der Waals surface area contributed by atoms with Gasteiger partial charge in [-0.1, -0.05) is 29.8 Å². The molecule has 0 aliphatic heterocycles. The van der Waals surface area contributed by atoms with Gasteiger partial charge in [-0.2, -0.15) is 4.31 Å². The van der Waals surface area contributed by atoms with Crippen molar-refractivity contribution in [2.24, 2.45) is 0 Å². The van der Waals surface area contributed by atoms with Gasteiger partial charge < -0.3 is 4.42 Å². The van der Waals surface area contributed by atoms with E-state index in [0.717, 1.165) is 5.56 Å². The second-order valence-electron chi connectivity index (χ2n) is 5.39. The van der Waals surface area contributed by atoms with Crippen molar-refractivity contribution in [3.05, 3.63) is 76.3 Å². The summed E-state index contributed by atoms with van der Waals surface area (Å²) in [6.07, 6.45) is 1.52. The normalized spacial score (nSPS) is 11.9. The maximum atomic E-state index is 13.0. The molecule has 0 saturated carbocycles. The molecule has 0 spiro atoms. The molecule has 0 saturated heterocycles. The molecule has 0 amide bonds. The average Bonchev–Trinajstić information content (AvgIpc) is 2.95. The second-order valence-corrected chi connectivity index (χ2v) is 7.76. The van der Waals surface area contributed by atoms with E-state index >= 15 is 0 Å². The molecule has 6 nitrogen and oxygen atoms in total. The van der Waals surface area contributed by atoms with Gasteiger partial charge in [-0.15, -0.1) is 6.58 Å². The molecule has 2 aromatic carbocycles. The number of rotatable bonds is 6. The summed E-state index contributed by atoms with van der Waals surface area (Å²) in [5, 5.41) is 0.579. The van der Waals surface area contributed by atoms with E-state index in [4.69, 9.17) is 16.0 Å². The quantitative estimate of drug-likeness (QED) is 0.668. The minimum absolute atomic E-state index is 0.0403. The van der Waals surface area contributed by atoms with Crippen LogP contribution < -0.4 is 5.76 Å². The fourth-order valence-electron chi connectivity index (χ4n) is 2.42. The van der Waals surface area contributed by atoms with Crippen molar-refractivity contribution in [3.63, 3.8) is 0 Å². The van der Waals surface area contributed by atoms with Crippen LogP contribution in [0.1, 0.15) is 5.56 Å². The van der Waals surface area contributed by atoms with Gasteiger partial charge in [0.1, 0.15) is 0 Å². The molecule has 3 rings (SSSR count). The van der Waals surface area contributed by atoms with Crippen molar-refractivity contribution in [2.75, 3.05) is 6.54 Å². The van der Waals surface area contributed by atoms with Gasteiger partial charge in [-0.25, -0.2) is 13.2 Å². The Bertz CT molecular complexity index is 1070. The lowest BCUT2D eigenvalue weighted by molar-refractivity contribution is 0.438. The second kappa shape index (κ2) is 6.87. The fourth-order valence-corrected chi connectivity index (χ4v) is 3.96. The van der Waals surface area contributed by atoms with Gasteiger partial charge in [0.05, 0.1) is 10.4 Å². The number of halogens is 1. The van der Waals surface area contributed by atoms with E-state index in [2.05, 4.69) is 11.6 Å². The van der Waals surface area contributed by atoms with Crippen LogP contribution >= 0.6 is 11.6 Å². The summed E-state index contributed by atoms with van der Waals surface area (Å²) in [7, 11) is -3.80. The molecule has 3 aromatic rings. The Hall–Kier alpha value is -2.35. The first-order valence-electron chi connectivity index (χ1n) is 7.38. The van der Waals surface area contributed by atoms with Gasteiger partial charge in [0.2, 0.25) is 10.0 Å². The van der Waals surface area contributed by atoms with Gasteiger partial charge >= 0.3 is 5.76 Å². The molecule has 0 fully saturated rings. The Balaban J connectivity index is 1.98. The third kappa shape index (κ3) is 3.68. The number of hydrogen-bond donors (Lipinski definition) is 1. The molecule has 0 aliphatic rings. The number of aromatic nitrogens is 1. The van der Waals surface area contributed by atoms with E-state index in [1.807, 2.05) is 0 Å². The number of hydrogen-bond acceptors (Lipinski definition) is 4. The highest BCUT2D eigenvalue weighted by atomic mass is 35.5. The van der Waals surface area contributed by atoms with Gasteiger partial charge in [-0.3, -0.25) is 4.98 Å². The monoisotopic (exact) mass is 378 g/mol. The molecular weight excluding hydrogens is 364 g/mol. The Morgan fingerprint density at radius 3 is 2.60 bits per heavy atom. The molecule has 1 aromatic heterocycles. The van der Waals surface area contributed by atoms with Gasteiger partial charge in [-0.05, 0) is 29.8 Å². The van der Waals surface area contributed by atoms with Crippen molar-refractivity contribution in [1.29, 1.82) is 0 Å². The Morgan fingerprint density at radius 1 is 1.20 bits per heavy atom. The standard InChI is InChI=1S/C17H15ClN2O4S/c1-2-9-20(11-12-3-5-13(18)6-4-12)25(22,23)14-7-8-15-16(10-14)24-17(21)19-15/h2-8,10H,1,9,11H2,(H,19,21). The summed E-state index contributed by atoms with van der Waals surface area (Å²) in [5.74, 6) is -0.631. The zero-order valence-electron chi connectivity index (χ0n) is 13.1. The van der Waals surface area contributed by atoms with Crippen LogP contribution in [0.2, 0.25) is 5.02 Å². The summed E-state index contributed by atoms with van der Waals surface area (Å²) >= 11 is 5.87. The summed E-state index contributed by atoms with van der Waals surface area (Å²) < 4.78 is 32.2. The number of aromatic amines is 1. The molecule has 1 heterocycles. The highest BCUT2D eigenvalue weighted by Crippen LogP contribution is 2.22. The Morgan fingerprint density at radius 2 is 1.92 bits per heavy atom. The molecule has 0 bridgehead atoms. The van der Waals surface area contributed by atoms with Crippen LogP contribution in [0.25, 0.3) is 11.1 Å². The van der Waals surface area contributed by atoms with Crippen LogP contribution in [-0.2, 0) is 16.6 Å². The molecule has 8 heteroatoms. The highest BCUT2D eigenvalue weighted by molar-refractivity contribution is 7.89. The minimum Gasteiger partial charge on any atom is -0.408 e. The zero-order valence-corrected chi connectivity index (χ0v) is 14.7. The molecule has 25 heavy (non-hydrogen) atoms. The van der Waals surface area contributed by atoms with Crippen molar-refractivity contribution < 1.29 is 12.8 Å². The molecule has 0 unspecified atom stereocenters. The average molecular weight is 379 g/mol. The Kier molecular flexibility index (Phi) is 4.80. The van der Waals surface area contributed by atoms with E-state index in [1.54, 1.807) is 24.3 Å². The van der Waals surface area contributed by atoms with Crippen LogP contribution in [-0.4, -0.2) is 24.3 Å². The fraction of sp³-hybridized carbons (Fsp3) is 0.118. The van der Waals surface area contributed by atoms with Crippen LogP contribution in [0.15, 0.2) is 69.2 Å². The number of H-pyrrole nitrogens is 1. The van der Waals surface area contributed by atoms with Crippen molar-refractivity contribution in [3.8, 4) is 0 Å². The summed E-state index contributed by atoms with van der Waals surface area (Å²) in [6.45, 7) is 3.93. The summed E-state index contributed by atoms with van der Waals surface area (Å²) in [5.41, 5.74) is 1.43. The van der Waals surface area contributed by atoms with E-state index in [-0.39, 0.29) is 23.6 Å². The lowest BCUT2D eigenvalue weighted by atomic mass is 10.2. The van der Waals surface area contributed by atoms with Crippen LogP contribution in [0, 0.1) is 0 Å². The molecular formula is C17H15ClN2O4S. The van der Waals surface area contributed by atoms with Crippen molar-refractivity contribution in [1.82, 2.24) is 9.29 Å². The van der Waals surface area contributed by atoms with Crippen LogP contribution in [0.4, 0.5) is 0 Å². The first-order valence-corrected chi connectivity index (χ1v) is 9.20. The topological polar surface area (TPSA) is 83.4 Å². The van der Waals surface area contributed by atoms with E-state index in [9.17, 15) is 13.2 Å². The maximum absolute atomic E-state index is 13.0. The molecule has 1 N–H and O–H groups in total. The lowest BCUT2D eigenvalue weighted by Crippen LogP contribution is -2.30. The molecule has 0 aliphatic carbocycles. The van der Waals surface area contributed by atoms with E-state index < -0.39 is 15.8 Å². The number of nitrogens with zero attached hydrogens (tertiary/aromatic N) is 1. The highest BCUT2D eigenvalue weighted by Gasteiger charge is 2.24.